The first-order valence-corrected chi connectivity index (χ1v) is 10.7. The fourth-order valence-corrected chi connectivity index (χ4v) is 3.71. The number of unbranched alkanes of at least 4 members (excludes halogenated alkanes) is 8. The highest BCUT2D eigenvalue weighted by Gasteiger charge is 2.20. The molecule has 2 atom stereocenters. The summed E-state index contributed by atoms with van der Waals surface area (Å²) in [5, 5.41) is 0. The number of aromatic nitrogens is 1. The quantitative estimate of drug-likeness (QED) is 0.322. The lowest BCUT2D eigenvalue weighted by atomic mass is 9.92. The molecule has 1 aromatic rings. The fraction of sp³-hybridized carbons (Fsp3) is 0.783. The van der Waals surface area contributed by atoms with E-state index in [1.165, 1.54) is 83.5 Å². The molecule has 1 rings (SSSR count). The van der Waals surface area contributed by atoms with E-state index in [1.807, 2.05) is 0 Å². The summed E-state index contributed by atoms with van der Waals surface area (Å²) in [4.78, 5) is 0. The summed E-state index contributed by atoms with van der Waals surface area (Å²) in [6.07, 6.45) is 22.6. The van der Waals surface area contributed by atoms with Gasteiger partial charge in [-0.05, 0) is 12.3 Å². The first kappa shape index (κ1) is 24.4. The maximum Gasteiger partial charge on any atom is 0.169 e. The monoisotopic (exact) mass is 367 g/mol. The number of pyridine rings is 1. The van der Waals surface area contributed by atoms with Gasteiger partial charge in [-0.1, -0.05) is 91.0 Å². The van der Waals surface area contributed by atoms with Crippen molar-refractivity contribution in [3.8, 4) is 0 Å². The maximum atomic E-state index is 2.47. The van der Waals surface area contributed by atoms with Crippen molar-refractivity contribution in [2.24, 2.45) is 5.92 Å². The predicted octanol–water partition coefficient (Wildman–Crippen LogP) is 4.27. The van der Waals surface area contributed by atoms with Gasteiger partial charge in [0.2, 0.25) is 0 Å². The lowest BCUT2D eigenvalue weighted by Crippen LogP contribution is -3.00. The van der Waals surface area contributed by atoms with E-state index in [4.69, 9.17) is 0 Å². The van der Waals surface area contributed by atoms with Crippen LogP contribution in [0.3, 0.4) is 0 Å². The fourth-order valence-electron chi connectivity index (χ4n) is 3.71. The van der Waals surface area contributed by atoms with Crippen molar-refractivity contribution in [1.29, 1.82) is 0 Å². The third-order valence-electron chi connectivity index (χ3n) is 5.28. The Labute approximate surface area is 164 Å². The van der Waals surface area contributed by atoms with Crippen LogP contribution in [-0.4, -0.2) is 0 Å². The molecule has 0 amide bonds. The molecule has 0 aliphatic rings. The van der Waals surface area contributed by atoms with Gasteiger partial charge in [-0.15, -0.1) is 0 Å². The van der Waals surface area contributed by atoms with Crippen LogP contribution in [0.2, 0.25) is 0 Å². The summed E-state index contributed by atoms with van der Waals surface area (Å²) in [6.45, 7) is 7.06. The van der Waals surface area contributed by atoms with Crippen LogP contribution in [0.4, 0.5) is 0 Å². The van der Waals surface area contributed by atoms with Crippen LogP contribution in [0.1, 0.15) is 110 Å². The van der Waals surface area contributed by atoms with E-state index in [0.717, 1.165) is 5.92 Å². The molecule has 1 nitrogen and oxygen atoms in total. The van der Waals surface area contributed by atoms with Crippen LogP contribution in [0.15, 0.2) is 30.6 Å². The third-order valence-corrected chi connectivity index (χ3v) is 5.28. The average Bonchev–Trinajstić information content (AvgIpc) is 2.61. The smallest absolute Gasteiger partial charge is 0.169 e. The lowest BCUT2D eigenvalue weighted by Gasteiger charge is -2.17. The van der Waals surface area contributed by atoms with Crippen molar-refractivity contribution in [1.82, 2.24) is 0 Å². The summed E-state index contributed by atoms with van der Waals surface area (Å²) in [6, 6.07) is 7.19. The maximum absolute atomic E-state index is 2.47. The first-order chi connectivity index (χ1) is 11.8. The Morgan fingerprint density at radius 1 is 0.680 bits per heavy atom. The normalized spacial score (nSPS) is 13.2. The van der Waals surface area contributed by atoms with Crippen molar-refractivity contribution < 1.29 is 17.0 Å². The molecule has 0 radical (unpaired) electrons. The Balaban J connectivity index is 0.00000576. The predicted molar refractivity (Wildman–Crippen MR) is 106 cm³/mol. The SMILES string of the molecule is CCCCCCCCC(CC(C)CCCCCC)[n+]1ccccc1.[Cl-]. The molecule has 0 aliphatic heterocycles. The molecule has 0 N–H and O–H groups in total. The van der Waals surface area contributed by atoms with Gasteiger partial charge in [0.1, 0.15) is 0 Å². The lowest BCUT2D eigenvalue weighted by molar-refractivity contribution is -0.725. The van der Waals surface area contributed by atoms with Crippen LogP contribution in [0.5, 0.6) is 0 Å². The third kappa shape index (κ3) is 12.4. The molecule has 0 bridgehead atoms. The molecule has 0 aromatic carbocycles. The van der Waals surface area contributed by atoms with Crippen molar-refractivity contribution >= 4 is 0 Å². The van der Waals surface area contributed by atoms with Crippen molar-refractivity contribution in [2.75, 3.05) is 0 Å². The number of nitrogens with zero attached hydrogens (tertiary/aromatic N) is 1. The summed E-state index contributed by atoms with van der Waals surface area (Å²) in [5.74, 6) is 0.847. The van der Waals surface area contributed by atoms with Gasteiger partial charge in [0.25, 0.3) is 0 Å². The summed E-state index contributed by atoms with van der Waals surface area (Å²) in [7, 11) is 0. The van der Waals surface area contributed by atoms with Gasteiger partial charge in [-0.3, -0.25) is 0 Å². The highest BCUT2D eigenvalue weighted by molar-refractivity contribution is 4.84. The van der Waals surface area contributed by atoms with Crippen molar-refractivity contribution in [3.63, 3.8) is 0 Å². The average molecular weight is 368 g/mol. The second kappa shape index (κ2) is 16.9. The van der Waals surface area contributed by atoms with Gasteiger partial charge in [0.05, 0.1) is 0 Å². The summed E-state index contributed by atoms with van der Waals surface area (Å²) < 4.78 is 2.47. The molecule has 2 unspecified atom stereocenters. The van der Waals surface area contributed by atoms with E-state index in [-0.39, 0.29) is 12.4 Å². The van der Waals surface area contributed by atoms with Gasteiger partial charge in [0.15, 0.2) is 18.4 Å². The zero-order chi connectivity index (χ0) is 17.5. The van der Waals surface area contributed by atoms with Gasteiger partial charge in [0, 0.05) is 25.0 Å². The van der Waals surface area contributed by atoms with Crippen LogP contribution in [-0.2, 0) is 0 Å². The second-order valence-electron chi connectivity index (χ2n) is 7.72. The Morgan fingerprint density at radius 3 is 1.84 bits per heavy atom. The molecule has 0 saturated heterocycles. The largest absolute Gasteiger partial charge is 1.00 e. The van der Waals surface area contributed by atoms with Gasteiger partial charge < -0.3 is 12.4 Å². The molecule has 2 heteroatoms. The standard InChI is InChI=1S/C23H42N.ClH/c1-4-6-8-10-11-14-18-23(24-19-15-12-16-20-24)21-22(3)17-13-9-7-5-2;/h12,15-16,19-20,22-23H,4-11,13-14,17-18,21H2,1-3H3;1H/q+1;/p-1. The van der Waals surface area contributed by atoms with Crippen molar-refractivity contribution in [2.45, 2.75) is 110 Å². The molecule has 1 heterocycles. The minimum atomic E-state index is 0. The van der Waals surface area contributed by atoms with Gasteiger partial charge >= 0.3 is 0 Å². The topological polar surface area (TPSA) is 3.88 Å². The van der Waals surface area contributed by atoms with Crippen molar-refractivity contribution in [3.05, 3.63) is 30.6 Å². The molecule has 0 saturated carbocycles. The van der Waals surface area contributed by atoms with Crippen LogP contribution < -0.4 is 17.0 Å². The highest BCUT2D eigenvalue weighted by atomic mass is 35.5. The molecule has 146 valence electrons. The highest BCUT2D eigenvalue weighted by Crippen LogP contribution is 2.23. The van der Waals surface area contributed by atoms with E-state index in [1.54, 1.807) is 0 Å². The van der Waals surface area contributed by atoms with E-state index >= 15 is 0 Å². The Morgan fingerprint density at radius 2 is 1.20 bits per heavy atom. The summed E-state index contributed by atoms with van der Waals surface area (Å²) in [5.41, 5.74) is 0. The van der Waals surface area contributed by atoms with Crippen LogP contribution >= 0.6 is 0 Å². The first-order valence-electron chi connectivity index (χ1n) is 10.7. The molecule has 25 heavy (non-hydrogen) atoms. The number of hydrogen-bond donors (Lipinski definition) is 0. The van der Waals surface area contributed by atoms with Crippen LogP contribution in [0, 0.1) is 5.92 Å². The molecular formula is C23H42ClN. The second-order valence-corrected chi connectivity index (χ2v) is 7.72. The minimum absolute atomic E-state index is 0. The number of halogens is 1. The Hall–Kier alpha value is -0.560. The van der Waals surface area contributed by atoms with E-state index < -0.39 is 0 Å². The number of rotatable bonds is 15. The van der Waals surface area contributed by atoms with E-state index in [2.05, 4.69) is 55.9 Å². The van der Waals surface area contributed by atoms with Gasteiger partial charge in [-0.25, -0.2) is 4.57 Å². The zero-order valence-corrected chi connectivity index (χ0v) is 17.8. The molecule has 1 aromatic heterocycles. The van der Waals surface area contributed by atoms with E-state index in [0.29, 0.717) is 6.04 Å². The Bertz CT molecular complexity index is 379. The minimum Gasteiger partial charge on any atom is -1.00 e. The molecule has 0 fully saturated rings. The molecule has 0 spiro atoms. The number of hydrogen-bond acceptors (Lipinski definition) is 0. The van der Waals surface area contributed by atoms with Crippen LogP contribution in [0.25, 0.3) is 0 Å². The summed E-state index contributed by atoms with van der Waals surface area (Å²) >= 11 is 0. The van der Waals surface area contributed by atoms with E-state index in [9.17, 15) is 0 Å². The molecular weight excluding hydrogens is 326 g/mol. The van der Waals surface area contributed by atoms with Gasteiger partial charge in [-0.2, -0.15) is 0 Å². The molecule has 0 aliphatic carbocycles. The zero-order valence-electron chi connectivity index (χ0n) is 17.1. The Kier molecular flexibility index (Phi) is 16.5.